The monoisotopic (exact) mass is 442 g/mol. The van der Waals surface area contributed by atoms with Gasteiger partial charge in [0.05, 0.1) is 11.5 Å². The van der Waals surface area contributed by atoms with Crippen LogP contribution in [0.5, 0.6) is 5.75 Å². The van der Waals surface area contributed by atoms with Crippen molar-refractivity contribution < 1.29 is 17.9 Å². The molecule has 0 radical (unpaired) electrons. The van der Waals surface area contributed by atoms with Crippen molar-refractivity contribution in [2.45, 2.75) is 57.0 Å². The Balaban J connectivity index is 1.55. The lowest BCUT2D eigenvalue weighted by molar-refractivity contribution is 0.0734. The SMILES string of the molecule is CCOc1ccc2c(c1)CN(C(=O)c1cccc(S(=O)(=O)N3CCCCC3C)c1)CC2. The lowest BCUT2D eigenvalue weighted by atomic mass is 9.99. The first-order valence-corrected chi connectivity index (χ1v) is 12.5. The van der Waals surface area contributed by atoms with Crippen LogP contribution in [-0.2, 0) is 23.0 Å². The highest BCUT2D eigenvalue weighted by atomic mass is 32.2. The Morgan fingerprint density at radius 2 is 1.94 bits per heavy atom. The molecule has 1 amide bonds. The van der Waals surface area contributed by atoms with Gasteiger partial charge >= 0.3 is 0 Å². The summed E-state index contributed by atoms with van der Waals surface area (Å²) in [5.41, 5.74) is 2.72. The van der Waals surface area contributed by atoms with Crippen LogP contribution in [0.3, 0.4) is 0 Å². The number of carbonyl (C=O) groups is 1. The number of fused-ring (bicyclic) bond motifs is 1. The van der Waals surface area contributed by atoms with Crippen molar-refractivity contribution >= 4 is 15.9 Å². The maximum absolute atomic E-state index is 13.2. The van der Waals surface area contributed by atoms with Crippen LogP contribution >= 0.6 is 0 Å². The molecule has 0 saturated carbocycles. The zero-order valence-corrected chi connectivity index (χ0v) is 19.0. The van der Waals surface area contributed by atoms with Crippen LogP contribution in [-0.4, -0.2) is 49.3 Å². The topological polar surface area (TPSA) is 66.9 Å². The van der Waals surface area contributed by atoms with Gasteiger partial charge < -0.3 is 9.64 Å². The molecule has 1 unspecified atom stereocenters. The first-order chi connectivity index (χ1) is 14.9. The van der Waals surface area contributed by atoms with E-state index < -0.39 is 10.0 Å². The summed E-state index contributed by atoms with van der Waals surface area (Å²) in [6, 6.07) is 12.5. The molecular formula is C24H30N2O4S. The van der Waals surface area contributed by atoms with Crippen LogP contribution in [0.1, 0.15) is 54.6 Å². The minimum Gasteiger partial charge on any atom is -0.494 e. The van der Waals surface area contributed by atoms with E-state index in [9.17, 15) is 13.2 Å². The Morgan fingerprint density at radius 3 is 2.71 bits per heavy atom. The largest absolute Gasteiger partial charge is 0.494 e. The summed E-state index contributed by atoms with van der Waals surface area (Å²) in [5.74, 6) is 0.662. The van der Waals surface area contributed by atoms with Gasteiger partial charge in [-0.2, -0.15) is 4.31 Å². The molecule has 1 fully saturated rings. The number of piperidine rings is 1. The van der Waals surface area contributed by atoms with Crippen molar-refractivity contribution in [2.75, 3.05) is 19.7 Å². The van der Waals surface area contributed by atoms with E-state index in [0.29, 0.717) is 31.8 Å². The van der Waals surface area contributed by atoms with Crippen molar-refractivity contribution in [3.8, 4) is 5.75 Å². The second-order valence-corrected chi connectivity index (χ2v) is 10.2. The van der Waals surface area contributed by atoms with Gasteiger partial charge in [0.15, 0.2) is 0 Å². The van der Waals surface area contributed by atoms with Gasteiger partial charge in [0.2, 0.25) is 10.0 Å². The molecule has 1 atom stereocenters. The third kappa shape index (κ3) is 4.48. The Morgan fingerprint density at radius 1 is 1.10 bits per heavy atom. The van der Waals surface area contributed by atoms with Gasteiger partial charge in [-0.25, -0.2) is 8.42 Å². The van der Waals surface area contributed by atoms with Crippen LogP contribution in [0.4, 0.5) is 0 Å². The molecule has 2 heterocycles. The van der Waals surface area contributed by atoms with E-state index in [2.05, 4.69) is 6.07 Å². The summed E-state index contributed by atoms with van der Waals surface area (Å²) < 4.78 is 33.6. The highest BCUT2D eigenvalue weighted by molar-refractivity contribution is 7.89. The fourth-order valence-corrected chi connectivity index (χ4v) is 6.25. The first kappa shape index (κ1) is 21.8. The second-order valence-electron chi connectivity index (χ2n) is 8.33. The number of nitrogens with zero attached hydrogens (tertiary/aromatic N) is 2. The number of carbonyl (C=O) groups excluding carboxylic acids is 1. The molecule has 2 aliphatic rings. The van der Waals surface area contributed by atoms with Crippen molar-refractivity contribution in [1.29, 1.82) is 0 Å². The summed E-state index contributed by atoms with van der Waals surface area (Å²) in [6.45, 7) is 6.13. The van der Waals surface area contributed by atoms with Crippen molar-refractivity contribution in [3.05, 3.63) is 59.2 Å². The molecule has 0 aromatic heterocycles. The van der Waals surface area contributed by atoms with E-state index in [1.807, 2.05) is 26.0 Å². The van der Waals surface area contributed by atoms with E-state index in [1.165, 1.54) is 11.6 Å². The fourth-order valence-electron chi connectivity index (χ4n) is 4.50. The van der Waals surface area contributed by atoms with E-state index in [1.54, 1.807) is 27.4 Å². The van der Waals surface area contributed by atoms with Crippen LogP contribution in [0.25, 0.3) is 0 Å². The molecule has 31 heavy (non-hydrogen) atoms. The maximum Gasteiger partial charge on any atom is 0.254 e. The quantitative estimate of drug-likeness (QED) is 0.706. The number of hydrogen-bond acceptors (Lipinski definition) is 4. The summed E-state index contributed by atoms with van der Waals surface area (Å²) in [7, 11) is -3.61. The van der Waals surface area contributed by atoms with Crippen LogP contribution in [0, 0.1) is 0 Å². The minimum atomic E-state index is -3.61. The van der Waals surface area contributed by atoms with Gasteiger partial charge in [-0.15, -0.1) is 0 Å². The Bertz CT molecular complexity index is 1070. The predicted molar refractivity (Wildman–Crippen MR) is 120 cm³/mol. The van der Waals surface area contributed by atoms with E-state index in [4.69, 9.17) is 4.74 Å². The van der Waals surface area contributed by atoms with Crippen LogP contribution in [0.2, 0.25) is 0 Å². The number of ether oxygens (including phenoxy) is 1. The van der Waals surface area contributed by atoms with Crippen molar-refractivity contribution in [2.24, 2.45) is 0 Å². The van der Waals surface area contributed by atoms with E-state index in [-0.39, 0.29) is 16.8 Å². The summed E-state index contributed by atoms with van der Waals surface area (Å²) in [4.78, 5) is 15.2. The number of benzene rings is 2. The number of sulfonamides is 1. The molecule has 0 aliphatic carbocycles. The predicted octanol–water partition coefficient (Wildman–Crippen LogP) is 3.85. The third-order valence-electron chi connectivity index (χ3n) is 6.22. The molecule has 0 N–H and O–H groups in total. The zero-order chi connectivity index (χ0) is 22.0. The van der Waals surface area contributed by atoms with Gasteiger partial charge in [-0.3, -0.25) is 4.79 Å². The van der Waals surface area contributed by atoms with Crippen molar-refractivity contribution in [1.82, 2.24) is 9.21 Å². The minimum absolute atomic E-state index is 0.0174. The molecule has 6 nitrogen and oxygen atoms in total. The molecular weight excluding hydrogens is 412 g/mol. The molecule has 166 valence electrons. The third-order valence-corrected chi connectivity index (χ3v) is 8.23. The van der Waals surface area contributed by atoms with Gasteiger partial charge in [0.1, 0.15) is 5.75 Å². The Hall–Kier alpha value is -2.38. The summed E-state index contributed by atoms with van der Waals surface area (Å²) >= 11 is 0. The van der Waals surface area contributed by atoms with Gasteiger partial charge in [0, 0.05) is 31.2 Å². The lowest BCUT2D eigenvalue weighted by Crippen LogP contribution is -2.42. The molecule has 2 aromatic rings. The average Bonchev–Trinajstić information content (AvgIpc) is 2.78. The van der Waals surface area contributed by atoms with Crippen LogP contribution < -0.4 is 4.74 Å². The molecule has 0 spiro atoms. The lowest BCUT2D eigenvalue weighted by Gasteiger charge is -2.32. The molecule has 0 bridgehead atoms. The van der Waals surface area contributed by atoms with Gasteiger partial charge in [-0.1, -0.05) is 18.6 Å². The molecule has 7 heteroatoms. The number of rotatable bonds is 5. The number of hydrogen-bond donors (Lipinski definition) is 0. The van der Waals surface area contributed by atoms with Crippen LogP contribution in [0.15, 0.2) is 47.4 Å². The molecule has 2 aromatic carbocycles. The first-order valence-electron chi connectivity index (χ1n) is 11.1. The summed E-state index contributed by atoms with van der Waals surface area (Å²) in [6.07, 6.45) is 3.57. The normalized spacial score (nSPS) is 19.7. The van der Waals surface area contributed by atoms with E-state index in [0.717, 1.165) is 37.0 Å². The Labute approximate surface area is 184 Å². The molecule has 4 rings (SSSR count). The van der Waals surface area contributed by atoms with E-state index >= 15 is 0 Å². The summed E-state index contributed by atoms with van der Waals surface area (Å²) in [5, 5.41) is 0. The second kappa shape index (κ2) is 9.01. The number of amides is 1. The molecule has 1 saturated heterocycles. The highest BCUT2D eigenvalue weighted by Crippen LogP contribution is 2.28. The fraction of sp³-hybridized carbons (Fsp3) is 0.458. The Kier molecular flexibility index (Phi) is 6.34. The smallest absolute Gasteiger partial charge is 0.254 e. The maximum atomic E-state index is 13.2. The van der Waals surface area contributed by atoms with Gasteiger partial charge in [0.25, 0.3) is 5.91 Å². The van der Waals surface area contributed by atoms with Crippen molar-refractivity contribution in [3.63, 3.8) is 0 Å². The zero-order valence-electron chi connectivity index (χ0n) is 18.2. The highest BCUT2D eigenvalue weighted by Gasteiger charge is 2.31. The average molecular weight is 443 g/mol. The standard InChI is InChI=1S/C24H30N2O4S/c1-3-30-22-11-10-19-12-14-25(17-21(19)15-22)24(27)20-8-6-9-23(16-20)31(28,29)26-13-5-4-7-18(26)2/h6,8-11,15-16,18H,3-5,7,12-14,17H2,1-2H3. The van der Waals surface area contributed by atoms with Gasteiger partial charge in [-0.05, 0) is 74.6 Å². The molecule has 2 aliphatic heterocycles.